The minimum absolute atomic E-state index is 0.0594. The number of nitrogens with one attached hydrogen (secondary N) is 1. The molecule has 14 heavy (non-hydrogen) atoms. The molecule has 0 rings (SSSR count). The summed E-state index contributed by atoms with van der Waals surface area (Å²) in [6.07, 6.45) is 3.09. The van der Waals surface area contributed by atoms with Gasteiger partial charge in [0.05, 0.1) is 12.8 Å². The lowest BCUT2D eigenvalue weighted by molar-refractivity contribution is 0.128. The summed E-state index contributed by atoms with van der Waals surface area (Å²) in [5, 5.41) is 17.3. The van der Waals surface area contributed by atoms with Crippen molar-refractivity contribution < 1.29 is 4.84 Å². The number of hydrogen-bond acceptors (Lipinski definition) is 5. The highest BCUT2D eigenvalue weighted by Gasteiger charge is 2.04. The predicted octanol–water partition coefficient (Wildman–Crippen LogP) is 0.514. The molecule has 0 aliphatic rings. The van der Waals surface area contributed by atoms with Gasteiger partial charge in [0.1, 0.15) is 12.1 Å². The zero-order valence-electron chi connectivity index (χ0n) is 8.40. The van der Waals surface area contributed by atoms with Gasteiger partial charge in [-0.05, 0) is 6.08 Å². The number of hydrogen-bond donors (Lipinski definition) is 1. The molecule has 0 unspecified atom stereocenters. The SMILES string of the molecule is CON/C=C/C(=C(C#N)C#N)N(C)C. The first kappa shape index (κ1) is 12.0. The van der Waals surface area contributed by atoms with Crippen molar-refractivity contribution in [1.29, 1.82) is 10.5 Å². The molecule has 0 spiro atoms. The standard InChI is InChI=1S/C9H12N4O/c1-13(2)9(4-5-12-14-3)8(6-10)7-11/h4-5,12H,1-3H3/b5-4+. The summed E-state index contributed by atoms with van der Waals surface area (Å²) in [4.78, 5) is 6.25. The minimum atomic E-state index is 0.0594. The number of rotatable bonds is 4. The molecule has 0 amide bonds. The predicted molar refractivity (Wildman–Crippen MR) is 51.2 cm³/mol. The second-order valence-electron chi connectivity index (χ2n) is 2.53. The lowest BCUT2D eigenvalue weighted by atomic mass is 10.2. The van der Waals surface area contributed by atoms with Gasteiger partial charge >= 0.3 is 0 Å². The molecule has 0 fully saturated rings. The van der Waals surface area contributed by atoms with Gasteiger partial charge < -0.3 is 4.90 Å². The highest BCUT2D eigenvalue weighted by atomic mass is 16.6. The summed E-state index contributed by atoms with van der Waals surface area (Å²) in [7, 11) is 4.97. The summed E-state index contributed by atoms with van der Waals surface area (Å²) in [5.74, 6) is 0. The third-order valence-corrected chi connectivity index (χ3v) is 1.39. The van der Waals surface area contributed by atoms with Gasteiger partial charge in [-0.3, -0.25) is 10.3 Å². The maximum atomic E-state index is 8.66. The highest BCUT2D eigenvalue weighted by Crippen LogP contribution is 2.06. The number of likely N-dealkylation sites (N-methyl/N-ethyl adjacent to an activating group) is 1. The molecular weight excluding hydrogens is 180 g/mol. The fraction of sp³-hybridized carbons (Fsp3) is 0.333. The first-order valence-electron chi connectivity index (χ1n) is 3.84. The van der Waals surface area contributed by atoms with Crippen molar-refractivity contribution >= 4 is 0 Å². The molecule has 0 saturated heterocycles. The van der Waals surface area contributed by atoms with Gasteiger partial charge in [-0.15, -0.1) is 0 Å². The third kappa shape index (κ3) is 3.61. The summed E-state index contributed by atoms with van der Waals surface area (Å²) in [6, 6.07) is 3.63. The van der Waals surface area contributed by atoms with Crippen LogP contribution in [0.3, 0.4) is 0 Å². The Morgan fingerprint density at radius 3 is 2.29 bits per heavy atom. The van der Waals surface area contributed by atoms with E-state index < -0.39 is 0 Å². The molecule has 1 N–H and O–H groups in total. The van der Waals surface area contributed by atoms with Gasteiger partial charge in [-0.2, -0.15) is 10.5 Å². The van der Waals surface area contributed by atoms with Crippen molar-refractivity contribution in [3.8, 4) is 12.1 Å². The van der Waals surface area contributed by atoms with Crippen LogP contribution < -0.4 is 5.48 Å². The van der Waals surface area contributed by atoms with E-state index in [9.17, 15) is 0 Å². The highest BCUT2D eigenvalue weighted by molar-refractivity contribution is 5.43. The molecule has 0 aromatic rings. The maximum Gasteiger partial charge on any atom is 0.152 e. The van der Waals surface area contributed by atoms with Crippen LogP contribution in [0.2, 0.25) is 0 Å². The number of hydroxylamine groups is 1. The van der Waals surface area contributed by atoms with Gasteiger partial charge in [0.15, 0.2) is 5.57 Å². The largest absolute Gasteiger partial charge is 0.376 e. The molecule has 0 radical (unpaired) electrons. The van der Waals surface area contributed by atoms with E-state index in [2.05, 4.69) is 10.3 Å². The number of nitriles is 2. The molecule has 74 valence electrons. The van der Waals surface area contributed by atoms with Crippen molar-refractivity contribution in [3.63, 3.8) is 0 Å². The molecular formula is C9H12N4O. The Morgan fingerprint density at radius 1 is 1.36 bits per heavy atom. The summed E-state index contributed by atoms with van der Waals surface area (Å²) < 4.78 is 0. The van der Waals surface area contributed by atoms with E-state index in [0.29, 0.717) is 5.70 Å². The lowest BCUT2D eigenvalue weighted by Gasteiger charge is -2.13. The fourth-order valence-electron chi connectivity index (χ4n) is 0.777. The monoisotopic (exact) mass is 192 g/mol. The maximum absolute atomic E-state index is 8.66. The van der Waals surface area contributed by atoms with Crippen molar-refractivity contribution in [1.82, 2.24) is 10.4 Å². The first-order valence-corrected chi connectivity index (χ1v) is 3.84. The molecule has 5 nitrogen and oxygen atoms in total. The lowest BCUT2D eigenvalue weighted by Crippen LogP contribution is -2.12. The summed E-state index contributed by atoms with van der Waals surface area (Å²) >= 11 is 0. The Balaban J connectivity index is 4.89. The summed E-state index contributed by atoms with van der Waals surface area (Å²) in [5.41, 5.74) is 3.06. The Bertz CT molecular complexity index is 301. The van der Waals surface area contributed by atoms with E-state index in [-0.39, 0.29) is 5.57 Å². The second kappa shape index (κ2) is 6.53. The molecule has 0 heterocycles. The van der Waals surface area contributed by atoms with Crippen molar-refractivity contribution in [2.75, 3.05) is 21.2 Å². The first-order chi connectivity index (χ1) is 6.67. The van der Waals surface area contributed by atoms with E-state index in [1.54, 1.807) is 25.1 Å². The Labute approximate surface area is 83.4 Å². The molecule has 0 saturated carbocycles. The van der Waals surface area contributed by atoms with Crippen molar-refractivity contribution in [2.24, 2.45) is 0 Å². The van der Waals surface area contributed by atoms with Gasteiger partial charge in [0.25, 0.3) is 0 Å². The van der Waals surface area contributed by atoms with Crippen molar-refractivity contribution in [2.45, 2.75) is 0 Å². The van der Waals surface area contributed by atoms with E-state index >= 15 is 0 Å². The Kier molecular flexibility index (Phi) is 5.60. The number of nitrogens with zero attached hydrogens (tertiary/aromatic N) is 3. The molecule has 0 aliphatic carbocycles. The molecule has 0 aromatic heterocycles. The quantitative estimate of drug-likeness (QED) is 0.399. The minimum Gasteiger partial charge on any atom is -0.376 e. The van der Waals surface area contributed by atoms with Crippen LogP contribution in [0.1, 0.15) is 0 Å². The van der Waals surface area contributed by atoms with Crippen LogP contribution in [0.5, 0.6) is 0 Å². The van der Waals surface area contributed by atoms with Crippen LogP contribution >= 0.6 is 0 Å². The van der Waals surface area contributed by atoms with Gasteiger partial charge in [-0.25, -0.2) is 0 Å². The van der Waals surface area contributed by atoms with E-state index in [1.165, 1.54) is 13.3 Å². The van der Waals surface area contributed by atoms with E-state index in [1.807, 2.05) is 12.1 Å². The van der Waals surface area contributed by atoms with Crippen molar-refractivity contribution in [3.05, 3.63) is 23.5 Å². The molecule has 0 atom stereocenters. The number of allylic oxidation sites excluding steroid dienone is 2. The van der Waals surface area contributed by atoms with Crippen LogP contribution in [0.15, 0.2) is 23.5 Å². The van der Waals surface area contributed by atoms with Crippen LogP contribution in [-0.4, -0.2) is 26.1 Å². The second-order valence-corrected chi connectivity index (χ2v) is 2.53. The zero-order chi connectivity index (χ0) is 11.0. The molecule has 0 bridgehead atoms. The van der Waals surface area contributed by atoms with Gasteiger partial charge in [0, 0.05) is 20.3 Å². The summed E-state index contributed by atoms with van der Waals surface area (Å²) in [6.45, 7) is 0. The smallest absolute Gasteiger partial charge is 0.152 e. The van der Waals surface area contributed by atoms with Gasteiger partial charge in [0.2, 0.25) is 0 Å². The van der Waals surface area contributed by atoms with E-state index in [4.69, 9.17) is 10.5 Å². The third-order valence-electron chi connectivity index (χ3n) is 1.39. The van der Waals surface area contributed by atoms with E-state index in [0.717, 1.165) is 0 Å². The van der Waals surface area contributed by atoms with Crippen LogP contribution in [0.25, 0.3) is 0 Å². The zero-order valence-corrected chi connectivity index (χ0v) is 8.40. The van der Waals surface area contributed by atoms with Gasteiger partial charge in [-0.1, -0.05) is 0 Å². The Morgan fingerprint density at radius 2 is 1.93 bits per heavy atom. The fourth-order valence-corrected chi connectivity index (χ4v) is 0.777. The van der Waals surface area contributed by atoms with Crippen LogP contribution in [0.4, 0.5) is 0 Å². The molecule has 5 heteroatoms. The molecule has 0 aliphatic heterocycles. The normalized spacial score (nSPS) is 8.93. The van der Waals surface area contributed by atoms with Crippen LogP contribution in [0, 0.1) is 22.7 Å². The Hall–Kier alpha value is -1.98. The topological polar surface area (TPSA) is 72.1 Å². The molecule has 0 aromatic carbocycles. The average molecular weight is 192 g/mol. The van der Waals surface area contributed by atoms with Crippen LogP contribution in [-0.2, 0) is 4.84 Å². The average Bonchev–Trinajstić information content (AvgIpc) is 2.17.